The van der Waals surface area contributed by atoms with E-state index in [1.807, 2.05) is 24.3 Å². The minimum absolute atomic E-state index is 0. The maximum atomic E-state index is 6.39. The van der Waals surface area contributed by atoms with Gasteiger partial charge in [0.25, 0.3) is 0 Å². The summed E-state index contributed by atoms with van der Waals surface area (Å²) in [4.78, 5) is 6.82. The van der Waals surface area contributed by atoms with Gasteiger partial charge in [0.1, 0.15) is 0 Å². The third-order valence-corrected chi connectivity index (χ3v) is 4.14. The maximum absolute atomic E-state index is 6.39. The molecular formula is C16H26ClIN4O2. The molecule has 0 aliphatic carbocycles. The minimum atomic E-state index is 0. The topological polar surface area (TPSA) is 72.1 Å². The van der Waals surface area contributed by atoms with Crippen molar-refractivity contribution >= 4 is 41.5 Å². The van der Waals surface area contributed by atoms with Crippen LogP contribution in [0.1, 0.15) is 11.6 Å². The Bertz CT molecular complexity index is 513. The molecule has 0 aromatic heterocycles. The maximum Gasteiger partial charge on any atom is 0.188 e. The summed E-state index contributed by atoms with van der Waals surface area (Å²) >= 11 is 6.39. The van der Waals surface area contributed by atoms with E-state index in [2.05, 4.69) is 15.2 Å². The Labute approximate surface area is 165 Å². The van der Waals surface area contributed by atoms with Crippen LogP contribution in [-0.4, -0.2) is 64.0 Å². The monoisotopic (exact) mass is 468 g/mol. The normalized spacial score (nSPS) is 17.2. The summed E-state index contributed by atoms with van der Waals surface area (Å²) in [6.45, 7) is 4.96. The van der Waals surface area contributed by atoms with Crippen molar-refractivity contribution in [3.05, 3.63) is 34.9 Å². The number of morpholine rings is 1. The van der Waals surface area contributed by atoms with Gasteiger partial charge in [-0.05, 0) is 11.6 Å². The van der Waals surface area contributed by atoms with E-state index < -0.39 is 0 Å². The third kappa shape index (κ3) is 6.72. The van der Waals surface area contributed by atoms with Crippen LogP contribution in [0.4, 0.5) is 0 Å². The predicted molar refractivity (Wildman–Crippen MR) is 108 cm³/mol. The van der Waals surface area contributed by atoms with Gasteiger partial charge in [-0.2, -0.15) is 0 Å². The van der Waals surface area contributed by atoms with Crippen molar-refractivity contribution in [3.63, 3.8) is 0 Å². The zero-order valence-corrected chi connectivity index (χ0v) is 17.0. The Kier molecular flexibility index (Phi) is 10.6. The summed E-state index contributed by atoms with van der Waals surface area (Å²) in [5.41, 5.74) is 6.99. The summed E-state index contributed by atoms with van der Waals surface area (Å²) in [7, 11) is 1.65. The molecule has 8 heteroatoms. The Morgan fingerprint density at radius 2 is 2.12 bits per heavy atom. The summed E-state index contributed by atoms with van der Waals surface area (Å²) in [6.07, 6.45) is 0. The number of benzene rings is 1. The SMILES string of the molecule is COCCNC(N)=NCC(c1ccccc1Cl)N1CCOCC1.I. The molecule has 0 bridgehead atoms. The van der Waals surface area contributed by atoms with Gasteiger partial charge in [-0.15, -0.1) is 24.0 Å². The van der Waals surface area contributed by atoms with Crippen LogP contribution >= 0.6 is 35.6 Å². The smallest absolute Gasteiger partial charge is 0.188 e. The number of nitrogens with zero attached hydrogens (tertiary/aromatic N) is 2. The molecule has 1 unspecified atom stereocenters. The summed E-state index contributed by atoms with van der Waals surface area (Å²) < 4.78 is 10.4. The van der Waals surface area contributed by atoms with Crippen molar-refractivity contribution in [2.75, 3.05) is 53.1 Å². The quantitative estimate of drug-likeness (QED) is 0.277. The van der Waals surface area contributed by atoms with E-state index in [4.69, 9.17) is 26.8 Å². The molecule has 1 aromatic rings. The van der Waals surface area contributed by atoms with Crippen LogP contribution in [0.5, 0.6) is 0 Å². The zero-order valence-electron chi connectivity index (χ0n) is 13.9. The van der Waals surface area contributed by atoms with Crippen LogP contribution in [0.2, 0.25) is 5.02 Å². The minimum Gasteiger partial charge on any atom is -0.383 e. The van der Waals surface area contributed by atoms with Crippen molar-refractivity contribution in [2.24, 2.45) is 10.7 Å². The van der Waals surface area contributed by atoms with Gasteiger partial charge < -0.3 is 20.5 Å². The molecule has 1 saturated heterocycles. The molecule has 1 aliphatic rings. The number of guanidine groups is 1. The molecule has 2 rings (SSSR count). The van der Waals surface area contributed by atoms with E-state index >= 15 is 0 Å². The van der Waals surface area contributed by atoms with Gasteiger partial charge in [0.05, 0.1) is 32.4 Å². The summed E-state index contributed by atoms with van der Waals surface area (Å²) in [5.74, 6) is 0.423. The number of halogens is 2. The van der Waals surface area contributed by atoms with Crippen LogP contribution in [0.3, 0.4) is 0 Å². The van der Waals surface area contributed by atoms with E-state index in [1.165, 1.54) is 0 Å². The fourth-order valence-corrected chi connectivity index (χ4v) is 2.83. The lowest BCUT2D eigenvalue weighted by atomic mass is 10.0. The second-order valence-electron chi connectivity index (χ2n) is 5.33. The molecule has 1 fully saturated rings. The molecule has 0 saturated carbocycles. The Hall–Kier alpha value is -0.610. The van der Waals surface area contributed by atoms with Gasteiger partial charge in [0.15, 0.2) is 5.96 Å². The van der Waals surface area contributed by atoms with Crippen LogP contribution < -0.4 is 11.1 Å². The second kappa shape index (κ2) is 11.9. The van der Waals surface area contributed by atoms with Crippen LogP contribution in [0.25, 0.3) is 0 Å². The first-order chi connectivity index (χ1) is 11.2. The highest BCUT2D eigenvalue weighted by Gasteiger charge is 2.24. The van der Waals surface area contributed by atoms with Gasteiger partial charge in [0, 0.05) is 31.8 Å². The molecule has 24 heavy (non-hydrogen) atoms. The van der Waals surface area contributed by atoms with Crippen molar-refractivity contribution in [3.8, 4) is 0 Å². The molecule has 136 valence electrons. The van der Waals surface area contributed by atoms with Crippen molar-refractivity contribution in [2.45, 2.75) is 6.04 Å². The van der Waals surface area contributed by atoms with E-state index in [9.17, 15) is 0 Å². The van der Waals surface area contributed by atoms with E-state index in [0.717, 1.165) is 36.9 Å². The zero-order chi connectivity index (χ0) is 16.5. The molecule has 1 heterocycles. The first-order valence-electron chi connectivity index (χ1n) is 7.81. The number of rotatable bonds is 7. The fourth-order valence-electron chi connectivity index (χ4n) is 2.57. The van der Waals surface area contributed by atoms with Gasteiger partial charge in [-0.3, -0.25) is 9.89 Å². The molecule has 6 nitrogen and oxygen atoms in total. The lowest BCUT2D eigenvalue weighted by molar-refractivity contribution is 0.0180. The average molecular weight is 469 g/mol. The van der Waals surface area contributed by atoms with Crippen molar-refractivity contribution in [1.29, 1.82) is 0 Å². The highest BCUT2D eigenvalue weighted by atomic mass is 127. The molecule has 1 atom stereocenters. The molecule has 0 radical (unpaired) electrons. The van der Waals surface area contributed by atoms with E-state index in [-0.39, 0.29) is 30.0 Å². The molecule has 3 N–H and O–H groups in total. The average Bonchev–Trinajstić information content (AvgIpc) is 2.58. The molecular weight excluding hydrogens is 443 g/mol. The highest BCUT2D eigenvalue weighted by molar-refractivity contribution is 14.0. The van der Waals surface area contributed by atoms with Crippen molar-refractivity contribution in [1.82, 2.24) is 10.2 Å². The molecule has 0 spiro atoms. The molecule has 1 aromatic carbocycles. The Morgan fingerprint density at radius 3 is 2.79 bits per heavy atom. The number of hydrogen-bond donors (Lipinski definition) is 2. The largest absolute Gasteiger partial charge is 0.383 e. The van der Waals surface area contributed by atoms with Gasteiger partial charge in [0.2, 0.25) is 0 Å². The standard InChI is InChI=1S/C16H25ClN4O2.HI/c1-22-9-6-19-16(18)20-12-15(21-7-10-23-11-8-21)13-4-2-3-5-14(13)17;/h2-5,15H,6-12H2,1H3,(H3,18,19,20);1H. The van der Waals surface area contributed by atoms with Crippen LogP contribution in [0, 0.1) is 0 Å². The lowest BCUT2D eigenvalue weighted by Crippen LogP contribution is -2.41. The number of ether oxygens (including phenoxy) is 2. The second-order valence-corrected chi connectivity index (χ2v) is 5.74. The number of nitrogens with one attached hydrogen (secondary N) is 1. The first-order valence-corrected chi connectivity index (χ1v) is 8.19. The lowest BCUT2D eigenvalue weighted by Gasteiger charge is -2.34. The number of aliphatic imine (C=N–C) groups is 1. The number of hydrogen-bond acceptors (Lipinski definition) is 4. The van der Waals surface area contributed by atoms with Crippen LogP contribution in [-0.2, 0) is 9.47 Å². The van der Waals surface area contributed by atoms with Gasteiger partial charge >= 0.3 is 0 Å². The van der Waals surface area contributed by atoms with Crippen LogP contribution in [0.15, 0.2) is 29.3 Å². The summed E-state index contributed by atoms with van der Waals surface area (Å²) in [6, 6.07) is 7.99. The number of methoxy groups -OCH3 is 1. The third-order valence-electron chi connectivity index (χ3n) is 3.80. The van der Waals surface area contributed by atoms with E-state index in [1.54, 1.807) is 7.11 Å². The fraction of sp³-hybridized carbons (Fsp3) is 0.562. The first kappa shape index (κ1) is 21.4. The Morgan fingerprint density at radius 1 is 1.42 bits per heavy atom. The summed E-state index contributed by atoms with van der Waals surface area (Å²) in [5, 5.41) is 3.79. The highest BCUT2D eigenvalue weighted by Crippen LogP contribution is 2.28. The molecule has 1 aliphatic heterocycles. The predicted octanol–water partition coefficient (Wildman–Crippen LogP) is 1.88. The van der Waals surface area contributed by atoms with Crippen molar-refractivity contribution < 1.29 is 9.47 Å². The van der Waals surface area contributed by atoms with E-state index in [0.29, 0.717) is 25.7 Å². The number of nitrogens with two attached hydrogens (primary N) is 1. The van der Waals surface area contributed by atoms with Gasteiger partial charge in [-0.25, -0.2) is 0 Å². The molecule has 0 amide bonds. The van der Waals surface area contributed by atoms with Gasteiger partial charge in [-0.1, -0.05) is 29.8 Å². The Balaban J connectivity index is 0.00000288.